The van der Waals surface area contributed by atoms with Gasteiger partial charge in [0.05, 0.1) is 6.61 Å². The van der Waals surface area contributed by atoms with Gasteiger partial charge in [-0.1, -0.05) is 8.19 Å². The maximum atomic E-state index is 7.00. The Kier molecular flexibility index (Phi) is 3.48. The molecule has 1 aromatic rings. The number of aromatic nitrogens is 1. The first-order valence-corrected chi connectivity index (χ1v) is 4.64. The van der Waals surface area contributed by atoms with Gasteiger partial charge in [0.1, 0.15) is 11.1 Å². The first kappa shape index (κ1) is 8.94. The average molecular weight is 183 g/mol. The smallest absolute Gasteiger partial charge is 0.174 e. The minimum Gasteiger partial charge on any atom is -0.483 e. The van der Waals surface area contributed by atoms with E-state index in [-0.39, 0.29) is 0 Å². The molecule has 1 aromatic heterocycles. The normalized spacial score (nSPS) is 11.1. The molecule has 0 spiro atoms. The van der Waals surface area contributed by atoms with Crippen LogP contribution in [-0.4, -0.2) is 24.2 Å². The predicted molar refractivity (Wildman–Crippen MR) is 51.4 cm³/mol. The number of nitrogens with one attached hydrogen (secondary N) is 1. The highest BCUT2D eigenvalue weighted by molar-refractivity contribution is 7.33. The minimum absolute atomic E-state index is 0.457. The second kappa shape index (κ2) is 4.67. The monoisotopic (exact) mass is 183 g/mol. The molecule has 0 amide bonds. The van der Waals surface area contributed by atoms with Crippen molar-refractivity contribution in [2.24, 2.45) is 4.99 Å². The highest BCUT2D eigenvalue weighted by atomic mass is 31.0. The molecule has 0 fully saturated rings. The van der Waals surface area contributed by atoms with Crippen LogP contribution in [0.3, 0.4) is 0 Å². The summed E-state index contributed by atoms with van der Waals surface area (Å²) in [5, 5.41) is 7.00. The van der Waals surface area contributed by atoms with Gasteiger partial charge in [0.25, 0.3) is 0 Å². The van der Waals surface area contributed by atoms with Gasteiger partial charge in [-0.2, -0.15) is 0 Å². The Morgan fingerprint density at radius 3 is 3.33 bits per heavy atom. The molecule has 1 rings (SSSR count). The number of nitrogens with zero attached hydrogens (tertiary/aromatic N) is 2. The molecule has 0 aliphatic heterocycles. The first-order chi connectivity index (χ1) is 5.88. The lowest BCUT2D eigenvalue weighted by atomic mass is 10.5. The summed E-state index contributed by atoms with van der Waals surface area (Å²) < 4.78 is 4.94. The van der Waals surface area contributed by atoms with E-state index in [1.165, 1.54) is 12.6 Å². The van der Waals surface area contributed by atoms with Crippen LogP contribution >= 0.6 is 8.19 Å². The Morgan fingerprint density at radius 2 is 2.67 bits per heavy atom. The Labute approximate surface area is 72.3 Å². The van der Waals surface area contributed by atoms with E-state index in [1.807, 2.05) is 6.92 Å². The van der Waals surface area contributed by atoms with Crippen LogP contribution in [0.5, 0.6) is 0 Å². The molecule has 12 heavy (non-hydrogen) atoms. The summed E-state index contributed by atoms with van der Waals surface area (Å²) in [4.78, 5) is 8.00. The molecule has 1 unspecified atom stereocenters. The second-order valence-corrected chi connectivity index (χ2v) is 2.99. The molecule has 0 bridgehead atoms. The zero-order valence-corrected chi connectivity index (χ0v) is 7.74. The molecule has 1 N–H and O–H groups in total. The van der Waals surface area contributed by atoms with Crippen molar-refractivity contribution in [2.45, 2.75) is 6.92 Å². The van der Waals surface area contributed by atoms with Crippen molar-refractivity contribution in [3.63, 3.8) is 0 Å². The van der Waals surface area contributed by atoms with Gasteiger partial charge in [-0.3, -0.25) is 0 Å². The topological polar surface area (TPSA) is 58.3 Å². The fraction of sp³-hybridized carbons (Fsp3) is 0.286. The zero-order chi connectivity index (χ0) is 8.81. The highest BCUT2D eigenvalue weighted by Crippen LogP contribution is 2.26. The summed E-state index contributed by atoms with van der Waals surface area (Å²) in [6.45, 7) is 2.51. The van der Waals surface area contributed by atoms with Gasteiger partial charge in [0.15, 0.2) is 6.40 Å². The van der Waals surface area contributed by atoms with E-state index in [9.17, 15) is 0 Å². The number of ether oxygens (including phenoxy) is 1. The maximum absolute atomic E-state index is 7.00. The Balaban J connectivity index is 2.67. The van der Waals surface area contributed by atoms with E-state index in [0.717, 1.165) is 5.42 Å². The average Bonchev–Trinajstić information content (AvgIpc) is 2.52. The van der Waals surface area contributed by atoms with Crippen LogP contribution in [0.4, 0.5) is 5.42 Å². The van der Waals surface area contributed by atoms with Gasteiger partial charge in [-0.05, 0) is 6.92 Å². The first-order valence-electron chi connectivity index (χ1n) is 3.56. The van der Waals surface area contributed by atoms with Crippen molar-refractivity contribution >= 4 is 26.2 Å². The molecular formula is C7H10N3OP. The van der Waals surface area contributed by atoms with E-state index in [1.54, 1.807) is 5.93 Å². The van der Waals surface area contributed by atoms with Crippen molar-refractivity contribution in [3.8, 4) is 0 Å². The zero-order valence-electron chi connectivity index (χ0n) is 6.74. The van der Waals surface area contributed by atoms with Crippen LogP contribution in [0.25, 0.3) is 0 Å². The molecule has 4 nitrogen and oxygen atoms in total. The standard InChI is InChI=1S/C7H10N3OP/c1-2-11-4-9-7-6(3-8)10-5-12-7/h3-5,8,12H,2H2,1H3. The van der Waals surface area contributed by atoms with E-state index in [4.69, 9.17) is 10.1 Å². The molecule has 0 aliphatic carbocycles. The Hall–Kier alpha value is -1.15. The van der Waals surface area contributed by atoms with Crippen molar-refractivity contribution in [1.82, 2.24) is 4.98 Å². The van der Waals surface area contributed by atoms with Gasteiger partial charge in [-0.25, -0.2) is 9.98 Å². The van der Waals surface area contributed by atoms with Crippen molar-refractivity contribution < 1.29 is 4.74 Å². The fourth-order valence-electron chi connectivity index (χ4n) is 0.672. The van der Waals surface area contributed by atoms with Crippen molar-refractivity contribution in [1.29, 1.82) is 5.41 Å². The quantitative estimate of drug-likeness (QED) is 0.571. The summed E-state index contributed by atoms with van der Waals surface area (Å²) in [6, 6.07) is 0. The fourth-order valence-corrected chi connectivity index (χ4v) is 1.41. The Morgan fingerprint density at radius 1 is 1.83 bits per heavy atom. The van der Waals surface area contributed by atoms with Crippen LogP contribution < -0.4 is 0 Å². The van der Waals surface area contributed by atoms with Crippen LogP contribution in [0, 0.1) is 5.41 Å². The number of aliphatic imine (C=N–C) groups is 1. The van der Waals surface area contributed by atoms with Crippen LogP contribution in [-0.2, 0) is 4.74 Å². The largest absolute Gasteiger partial charge is 0.483 e. The van der Waals surface area contributed by atoms with E-state index < -0.39 is 0 Å². The van der Waals surface area contributed by atoms with Gasteiger partial charge in [0, 0.05) is 12.1 Å². The Bertz CT molecular complexity index is 282. The summed E-state index contributed by atoms with van der Waals surface area (Å²) in [7, 11) is 0.457. The van der Waals surface area contributed by atoms with Gasteiger partial charge in [0.2, 0.25) is 0 Å². The van der Waals surface area contributed by atoms with Crippen LogP contribution in [0.1, 0.15) is 12.6 Å². The summed E-state index contributed by atoms with van der Waals surface area (Å²) >= 11 is 0. The van der Waals surface area contributed by atoms with Crippen LogP contribution in [0.15, 0.2) is 10.9 Å². The van der Waals surface area contributed by atoms with Crippen molar-refractivity contribution in [2.75, 3.05) is 6.61 Å². The lowest BCUT2D eigenvalue weighted by Gasteiger charge is -1.91. The van der Waals surface area contributed by atoms with Gasteiger partial charge in [-0.15, -0.1) is 0 Å². The van der Waals surface area contributed by atoms with E-state index >= 15 is 0 Å². The lowest BCUT2D eigenvalue weighted by molar-refractivity contribution is 0.344. The lowest BCUT2D eigenvalue weighted by Crippen LogP contribution is -1.84. The van der Waals surface area contributed by atoms with E-state index in [0.29, 0.717) is 20.5 Å². The molecule has 64 valence electrons. The molecule has 0 radical (unpaired) electrons. The summed E-state index contributed by atoms with van der Waals surface area (Å²) in [5.41, 5.74) is 1.45. The third-order valence-corrected chi connectivity index (χ3v) is 2.12. The van der Waals surface area contributed by atoms with Crippen molar-refractivity contribution in [3.05, 3.63) is 11.6 Å². The summed E-state index contributed by atoms with van der Waals surface area (Å²) in [5.74, 6) is 1.76. The second-order valence-electron chi connectivity index (χ2n) is 1.97. The molecule has 1 heterocycles. The molecule has 0 aliphatic rings. The predicted octanol–water partition coefficient (Wildman–Crippen LogP) is 1.81. The van der Waals surface area contributed by atoms with Gasteiger partial charge < -0.3 is 10.1 Å². The minimum atomic E-state index is 0.457. The molecule has 5 heteroatoms. The highest BCUT2D eigenvalue weighted by Gasteiger charge is 1.97. The maximum Gasteiger partial charge on any atom is 0.174 e. The number of rotatable bonds is 4. The molecular weight excluding hydrogens is 173 g/mol. The van der Waals surface area contributed by atoms with Gasteiger partial charge >= 0.3 is 0 Å². The summed E-state index contributed by atoms with van der Waals surface area (Å²) in [6.07, 6.45) is 2.61. The third-order valence-electron chi connectivity index (χ3n) is 1.21. The van der Waals surface area contributed by atoms with Crippen LogP contribution in [0.2, 0.25) is 0 Å². The molecule has 1 atom stereocenters. The molecule has 0 saturated carbocycles. The third kappa shape index (κ3) is 2.17. The number of hydrogen-bond acceptors (Lipinski definition) is 4. The SMILES string of the molecule is CCOC=Nc1[pH]cnc1C=N. The molecule has 0 saturated heterocycles. The number of hydrogen-bond donors (Lipinski definition) is 1. The van der Waals surface area contributed by atoms with E-state index in [2.05, 4.69) is 9.98 Å². The molecule has 0 aromatic carbocycles.